The minimum absolute atomic E-state index is 0.0656. The summed E-state index contributed by atoms with van der Waals surface area (Å²) in [5.41, 5.74) is 2.05. The molecule has 1 aromatic heterocycles. The zero-order valence-electron chi connectivity index (χ0n) is 16.1. The van der Waals surface area contributed by atoms with E-state index in [9.17, 15) is 18.0 Å². The molecule has 0 saturated carbocycles. The maximum atomic E-state index is 12.3. The van der Waals surface area contributed by atoms with Gasteiger partial charge in [-0.15, -0.1) is 13.2 Å². The maximum absolute atomic E-state index is 12.3. The molecule has 0 amide bonds. The van der Waals surface area contributed by atoms with Crippen molar-refractivity contribution in [3.05, 3.63) is 53.3 Å². The molecule has 6 nitrogen and oxygen atoms in total. The van der Waals surface area contributed by atoms with Crippen molar-refractivity contribution in [3.63, 3.8) is 0 Å². The fraction of sp³-hybridized carbons (Fsp3) is 0.286. The molecule has 0 unspecified atom stereocenters. The van der Waals surface area contributed by atoms with Gasteiger partial charge in [0.15, 0.2) is 5.78 Å². The summed E-state index contributed by atoms with van der Waals surface area (Å²) in [5, 5.41) is 0.189. The van der Waals surface area contributed by atoms with Crippen LogP contribution in [0.15, 0.2) is 58.3 Å². The lowest BCUT2D eigenvalue weighted by Crippen LogP contribution is -2.28. The van der Waals surface area contributed by atoms with E-state index in [1.807, 2.05) is 4.90 Å². The van der Waals surface area contributed by atoms with E-state index >= 15 is 0 Å². The Morgan fingerprint density at radius 2 is 1.90 bits per heavy atom. The number of carbonyl (C=O) groups excluding carboxylic acids is 1. The Hall–Kier alpha value is -3.07. The van der Waals surface area contributed by atoms with Crippen molar-refractivity contribution in [3.8, 4) is 22.8 Å². The van der Waals surface area contributed by atoms with Crippen LogP contribution in [0.4, 0.5) is 13.2 Å². The number of ether oxygens (including phenoxy) is 2. The highest BCUT2D eigenvalue weighted by atomic mass is 35.5. The number of likely N-dealkylation sites (tertiary alicyclic amines) is 1. The van der Waals surface area contributed by atoms with Gasteiger partial charge in [0.25, 0.3) is 0 Å². The van der Waals surface area contributed by atoms with Gasteiger partial charge in [-0.25, -0.2) is 4.98 Å². The Labute approximate surface area is 180 Å². The molecule has 10 heteroatoms. The summed E-state index contributed by atoms with van der Waals surface area (Å²) < 4.78 is 46.8. The summed E-state index contributed by atoms with van der Waals surface area (Å²) in [6.07, 6.45) is -0.996. The summed E-state index contributed by atoms with van der Waals surface area (Å²) in [6.45, 7) is 1.26. The third kappa shape index (κ3) is 5.16. The SMILES string of the molecule is O=C1CN=CC(N2CC[C@@H](Oc3cc(-c4ccc(OC(F)(F)F)cc4)ccn3)C2)=C1Cl. The van der Waals surface area contributed by atoms with Crippen LogP contribution < -0.4 is 9.47 Å². The monoisotopic (exact) mass is 451 g/mol. The van der Waals surface area contributed by atoms with Gasteiger partial charge < -0.3 is 14.4 Å². The van der Waals surface area contributed by atoms with Crippen molar-refractivity contribution in [2.24, 2.45) is 4.99 Å². The molecule has 0 radical (unpaired) electrons. The number of halogens is 4. The molecular formula is C21H17ClF3N3O3. The van der Waals surface area contributed by atoms with Gasteiger partial charge in [0.05, 0.1) is 12.2 Å². The number of dihydropyridines is 1. The third-order valence-electron chi connectivity index (χ3n) is 4.85. The van der Waals surface area contributed by atoms with Crippen LogP contribution in [0, 0.1) is 0 Å². The highest BCUT2D eigenvalue weighted by molar-refractivity contribution is 6.44. The first-order valence-corrected chi connectivity index (χ1v) is 9.83. The van der Waals surface area contributed by atoms with E-state index in [0.29, 0.717) is 36.7 Å². The van der Waals surface area contributed by atoms with Gasteiger partial charge in [-0.1, -0.05) is 23.7 Å². The second-order valence-electron chi connectivity index (χ2n) is 7.02. The van der Waals surface area contributed by atoms with E-state index in [1.165, 1.54) is 24.3 Å². The van der Waals surface area contributed by atoms with Crippen LogP contribution in [0.1, 0.15) is 6.42 Å². The van der Waals surface area contributed by atoms with Gasteiger partial charge in [0, 0.05) is 31.4 Å². The zero-order valence-corrected chi connectivity index (χ0v) is 16.9. The average molecular weight is 452 g/mol. The molecular weight excluding hydrogens is 435 g/mol. The molecule has 0 aliphatic carbocycles. The standard InChI is InChI=1S/C21H17ClF3N3O3/c22-20-17(10-26-11-18(20)29)28-8-6-16(12-28)30-19-9-14(5-7-27-19)13-1-3-15(4-2-13)31-21(23,24)25/h1-5,7,9-10,16H,6,8,11-12H2/t16-/m1/s1. The molecule has 2 aromatic rings. The number of pyridine rings is 1. The van der Waals surface area contributed by atoms with E-state index in [0.717, 1.165) is 5.56 Å². The van der Waals surface area contributed by atoms with E-state index in [-0.39, 0.29) is 29.2 Å². The normalized spacial score (nSPS) is 19.2. The minimum atomic E-state index is -4.73. The molecule has 1 saturated heterocycles. The van der Waals surface area contributed by atoms with E-state index < -0.39 is 6.36 Å². The number of nitrogens with zero attached hydrogens (tertiary/aromatic N) is 3. The van der Waals surface area contributed by atoms with Gasteiger partial charge >= 0.3 is 6.36 Å². The molecule has 0 bridgehead atoms. The van der Waals surface area contributed by atoms with Crippen molar-refractivity contribution in [2.75, 3.05) is 19.6 Å². The van der Waals surface area contributed by atoms with Crippen LogP contribution in [-0.4, -0.2) is 54.0 Å². The Balaban J connectivity index is 1.42. The second-order valence-corrected chi connectivity index (χ2v) is 7.40. The van der Waals surface area contributed by atoms with E-state index in [1.54, 1.807) is 24.5 Å². The Bertz CT molecular complexity index is 1040. The number of hydrogen-bond acceptors (Lipinski definition) is 6. The first-order chi connectivity index (χ1) is 14.8. The van der Waals surface area contributed by atoms with Crippen LogP contribution in [0.25, 0.3) is 11.1 Å². The molecule has 4 rings (SSSR count). The summed E-state index contributed by atoms with van der Waals surface area (Å²) in [4.78, 5) is 22.0. The molecule has 2 aliphatic rings. The quantitative estimate of drug-likeness (QED) is 0.681. The highest BCUT2D eigenvalue weighted by Gasteiger charge is 2.31. The van der Waals surface area contributed by atoms with E-state index in [4.69, 9.17) is 16.3 Å². The topological polar surface area (TPSA) is 64.0 Å². The molecule has 31 heavy (non-hydrogen) atoms. The molecule has 0 spiro atoms. The predicted molar refractivity (Wildman–Crippen MR) is 108 cm³/mol. The largest absolute Gasteiger partial charge is 0.573 e. The van der Waals surface area contributed by atoms with Crippen LogP contribution in [0.2, 0.25) is 0 Å². The van der Waals surface area contributed by atoms with E-state index in [2.05, 4.69) is 14.7 Å². The molecule has 1 aromatic carbocycles. The number of allylic oxidation sites excluding steroid dienone is 1. The highest BCUT2D eigenvalue weighted by Crippen LogP contribution is 2.29. The van der Waals surface area contributed by atoms with Gasteiger partial charge in [0.2, 0.25) is 5.88 Å². The Kier molecular flexibility index (Phi) is 5.86. The van der Waals surface area contributed by atoms with Crippen molar-refractivity contribution in [1.29, 1.82) is 0 Å². The van der Waals surface area contributed by atoms with Crippen molar-refractivity contribution in [2.45, 2.75) is 18.9 Å². The molecule has 162 valence electrons. The zero-order chi connectivity index (χ0) is 22.0. The lowest BCUT2D eigenvalue weighted by atomic mass is 10.1. The van der Waals surface area contributed by atoms with Crippen molar-refractivity contribution >= 4 is 23.6 Å². The third-order valence-corrected chi connectivity index (χ3v) is 5.25. The fourth-order valence-electron chi connectivity index (χ4n) is 3.42. The second kappa shape index (κ2) is 8.58. The number of Topliss-reactive ketones (excluding diaryl/α,β-unsaturated/α-hetero) is 1. The Morgan fingerprint density at radius 3 is 2.65 bits per heavy atom. The van der Waals surface area contributed by atoms with Crippen LogP contribution >= 0.6 is 11.6 Å². The summed E-state index contributed by atoms with van der Waals surface area (Å²) >= 11 is 6.13. The molecule has 2 aliphatic heterocycles. The lowest BCUT2D eigenvalue weighted by molar-refractivity contribution is -0.274. The minimum Gasteiger partial charge on any atom is -0.472 e. The van der Waals surface area contributed by atoms with Crippen LogP contribution in [0.5, 0.6) is 11.6 Å². The lowest BCUT2D eigenvalue weighted by Gasteiger charge is -2.22. The maximum Gasteiger partial charge on any atom is 0.573 e. The van der Waals surface area contributed by atoms with Crippen molar-refractivity contribution in [1.82, 2.24) is 9.88 Å². The number of aromatic nitrogens is 1. The number of hydrogen-bond donors (Lipinski definition) is 0. The van der Waals surface area contributed by atoms with Gasteiger partial charge in [0.1, 0.15) is 23.4 Å². The molecule has 1 atom stereocenters. The number of rotatable bonds is 5. The van der Waals surface area contributed by atoms with Crippen LogP contribution in [0.3, 0.4) is 0 Å². The molecule has 0 N–H and O–H groups in total. The number of benzene rings is 1. The fourth-order valence-corrected chi connectivity index (χ4v) is 3.65. The Morgan fingerprint density at radius 1 is 1.13 bits per heavy atom. The number of ketones is 1. The predicted octanol–water partition coefficient (Wildman–Crippen LogP) is 4.20. The van der Waals surface area contributed by atoms with Crippen molar-refractivity contribution < 1.29 is 27.4 Å². The smallest absolute Gasteiger partial charge is 0.472 e. The average Bonchev–Trinajstić information content (AvgIpc) is 3.18. The van der Waals surface area contributed by atoms with Gasteiger partial charge in [-0.2, -0.15) is 0 Å². The molecule has 1 fully saturated rings. The first kappa shape index (κ1) is 21.2. The summed E-state index contributed by atoms with van der Waals surface area (Å²) in [7, 11) is 0. The number of alkyl halides is 3. The number of aliphatic imine (C=N–C) groups is 1. The summed E-state index contributed by atoms with van der Waals surface area (Å²) in [6, 6.07) is 9.03. The number of carbonyl (C=O) groups is 1. The molecule has 3 heterocycles. The van der Waals surface area contributed by atoms with Gasteiger partial charge in [-0.05, 0) is 29.3 Å². The first-order valence-electron chi connectivity index (χ1n) is 9.45. The van der Waals surface area contributed by atoms with Crippen LogP contribution in [-0.2, 0) is 4.79 Å². The van der Waals surface area contributed by atoms with Gasteiger partial charge in [-0.3, -0.25) is 9.79 Å². The summed E-state index contributed by atoms with van der Waals surface area (Å²) in [5.74, 6) is -0.0940.